The molecule has 4 nitrogen and oxygen atoms in total. The quantitative estimate of drug-likeness (QED) is 0.841. The van der Waals surface area contributed by atoms with E-state index in [1.165, 1.54) is 0 Å². The van der Waals surface area contributed by atoms with Crippen LogP contribution < -0.4 is 15.8 Å². The Morgan fingerprint density at radius 2 is 2.11 bits per heavy atom. The summed E-state index contributed by atoms with van der Waals surface area (Å²) < 4.78 is 6.00. The van der Waals surface area contributed by atoms with Gasteiger partial charge in [-0.3, -0.25) is 0 Å². The maximum atomic E-state index is 5.83. The topological polar surface area (TPSA) is 60.2 Å². The fraction of sp³-hybridized carbons (Fsp3) is 0.0833. The summed E-state index contributed by atoms with van der Waals surface area (Å²) in [5, 5.41) is 3.49. The molecule has 94 valence electrons. The molecule has 0 bridgehead atoms. The lowest BCUT2D eigenvalue weighted by Crippen LogP contribution is -1.99. The number of pyridine rings is 1. The predicted octanol–water partition coefficient (Wildman–Crippen LogP) is 3.83. The Morgan fingerprint density at radius 1 is 1.33 bits per heavy atom. The molecule has 0 radical (unpaired) electrons. The molecule has 6 heteroatoms. The van der Waals surface area contributed by atoms with Crippen LogP contribution in [-0.4, -0.2) is 12.1 Å². The van der Waals surface area contributed by atoms with Crippen molar-refractivity contribution in [1.82, 2.24) is 4.98 Å². The van der Waals surface area contributed by atoms with Crippen LogP contribution in [0, 0.1) is 0 Å². The molecule has 0 fully saturated rings. The number of nitrogens with one attached hydrogen (secondary N) is 1. The van der Waals surface area contributed by atoms with Gasteiger partial charge in [0, 0.05) is 5.69 Å². The Balaban J connectivity index is 2.28. The largest absolute Gasteiger partial charge is 0.496 e. The van der Waals surface area contributed by atoms with E-state index in [2.05, 4.69) is 26.2 Å². The fourth-order valence-corrected chi connectivity index (χ4v) is 2.12. The van der Waals surface area contributed by atoms with E-state index in [4.69, 9.17) is 22.1 Å². The average Bonchev–Trinajstić information content (AvgIpc) is 2.34. The maximum Gasteiger partial charge on any atom is 0.155 e. The monoisotopic (exact) mass is 327 g/mol. The second-order valence-corrected chi connectivity index (χ2v) is 4.79. The number of anilines is 3. The van der Waals surface area contributed by atoms with Crippen LogP contribution in [0.25, 0.3) is 0 Å². The van der Waals surface area contributed by atoms with Crippen LogP contribution in [0.15, 0.2) is 34.8 Å². The summed E-state index contributed by atoms with van der Waals surface area (Å²) in [6.45, 7) is 0. The summed E-state index contributed by atoms with van der Waals surface area (Å²) in [5.41, 5.74) is 7.18. The lowest BCUT2D eigenvalue weighted by molar-refractivity contribution is 0.412. The maximum absolute atomic E-state index is 5.83. The van der Waals surface area contributed by atoms with E-state index < -0.39 is 0 Å². The molecule has 0 aliphatic carbocycles. The van der Waals surface area contributed by atoms with Crippen LogP contribution in [0.4, 0.5) is 17.2 Å². The molecule has 0 amide bonds. The highest BCUT2D eigenvalue weighted by molar-refractivity contribution is 9.10. The van der Waals surface area contributed by atoms with Crippen molar-refractivity contribution in [3.05, 3.63) is 40.0 Å². The SMILES string of the molecule is COc1ccc(Nc2nc(Cl)ccc2N)cc1Br. The molecule has 1 aromatic heterocycles. The van der Waals surface area contributed by atoms with Gasteiger partial charge in [-0.2, -0.15) is 0 Å². The molecule has 1 aromatic carbocycles. The van der Waals surface area contributed by atoms with E-state index in [-0.39, 0.29) is 0 Å². The summed E-state index contributed by atoms with van der Waals surface area (Å²) in [6, 6.07) is 8.93. The van der Waals surface area contributed by atoms with Gasteiger partial charge in [0.2, 0.25) is 0 Å². The minimum atomic E-state index is 0.388. The van der Waals surface area contributed by atoms with E-state index in [0.29, 0.717) is 16.7 Å². The van der Waals surface area contributed by atoms with Gasteiger partial charge >= 0.3 is 0 Å². The number of ether oxygens (including phenoxy) is 1. The number of methoxy groups -OCH3 is 1. The number of rotatable bonds is 3. The third-order valence-corrected chi connectivity index (χ3v) is 3.14. The molecule has 2 aromatic rings. The van der Waals surface area contributed by atoms with Crippen molar-refractivity contribution in [3.8, 4) is 5.75 Å². The molecule has 0 atom stereocenters. The third kappa shape index (κ3) is 2.86. The Labute approximate surface area is 118 Å². The lowest BCUT2D eigenvalue weighted by Gasteiger charge is -2.10. The standard InChI is InChI=1S/C12H11BrClN3O/c1-18-10-4-2-7(6-8(10)13)16-12-9(15)3-5-11(14)17-12/h2-6H,15H2,1H3,(H,16,17). The number of aromatic nitrogens is 1. The van der Waals surface area contributed by atoms with Crippen molar-refractivity contribution < 1.29 is 4.74 Å². The van der Waals surface area contributed by atoms with Gasteiger partial charge in [0.05, 0.1) is 17.3 Å². The van der Waals surface area contributed by atoms with Crippen molar-refractivity contribution in [1.29, 1.82) is 0 Å². The van der Waals surface area contributed by atoms with Crippen molar-refractivity contribution in [2.75, 3.05) is 18.2 Å². The second kappa shape index (κ2) is 5.46. The fourth-order valence-electron chi connectivity index (χ4n) is 1.43. The smallest absolute Gasteiger partial charge is 0.155 e. The van der Waals surface area contributed by atoms with Crippen molar-refractivity contribution in [2.45, 2.75) is 0 Å². The average molecular weight is 329 g/mol. The molecule has 0 spiro atoms. The summed E-state index contributed by atoms with van der Waals surface area (Å²) in [7, 11) is 1.61. The summed E-state index contributed by atoms with van der Waals surface area (Å²) in [6.07, 6.45) is 0. The van der Waals surface area contributed by atoms with Crippen LogP contribution >= 0.6 is 27.5 Å². The van der Waals surface area contributed by atoms with Crippen LogP contribution in [0.2, 0.25) is 5.15 Å². The van der Waals surface area contributed by atoms with Gasteiger partial charge in [-0.1, -0.05) is 11.6 Å². The van der Waals surface area contributed by atoms with Gasteiger partial charge in [0.1, 0.15) is 10.9 Å². The zero-order valence-corrected chi connectivity index (χ0v) is 11.9. The van der Waals surface area contributed by atoms with Crippen LogP contribution in [0.1, 0.15) is 0 Å². The Bertz CT molecular complexity index is 577. The number of hydrogen-bond donors (Lipinski definition) is 2. The van der Waals surface area contributed by atoms with Crippen molar-refractivity contribution in [2.24, 2.45) is 0 Å². The van der Waals surface area contributed by atoms with E-state index >= 15 is 0 Å². The first-order valence-electron chi connectivity index (χ1n) is 5.12. The number of nitrogen functional groups attached to an aromatic ring is 1. The van der Waals surface area contributed by atoms with Crippen molar-refractivity contribution in [3.63, 3.8) is 0 Å². The van der Waals surface area contributed by atoms with Gasteiger partial charge in [-0.15, -0.1) is 0 Å². The highest BCUT2D eigenvalue weighted by atomic mass is 79.9. The Kier molecular flexibility index (Phi) is 3.93. The molecule has 0 aliphatic heterocycles. The zero-order valence-electron chi connectivity index (χ0n) is 9.58. The summed E-state index contributed by atoms with van der Waals surface area (Å²) in [4.78, 5) is 4.12. The molecule has 3 N–H and O–H groups in total. The molecule has 0 unspecified atom stereocenters. The normalized spacial score (nSPS) is 10.2. The molecule has 1 heterocycles. The van der Waals surface area contributed by atoms with E-state index in [0.717, 1.165) is 15.9 Å². The minimum Gasteiger partial charge on any atom is -0.496 e. The van der Waals surface area contributed by atoms with Crippen molar-refractivity contribution >= 4 is 44.7 Å². The number of nitrogens with zero attached hydrogens (tertiary/aromatic N) is 1. The molecule has 18 heavy (non-hydrogen) atoms. The van der Waals surface area contributed by atoms with Gasteiger partial charge < -0.3 is 15.8 Å². The number of halogens is 2. The molecule has 0 saturated heterocycles. The van der Waals surface area contributed by atoms with Crippen LogP contribution in [-0.2, 0) is 0 Å². The minimum absolute atomic E-state index is 0.388. The van der Waals surface area contributed by atoms with E-state index in [1.54, 1.807) is 19.2 Å². The van der Waals surface area contributed by atoms with E-state index in [1.807, 2.05) is 18.2 Å². The second-order valence-electron chi connectivity index (χ2n) is 3.55. The van der Waals surface area contributed by atoms with E-state index in [9.17, 15) is 0 Å². The molecule has 0 saturated carbocycles. The van der Waals surface area contributed by atoms with Crippen LogP contribution in [0.3, 0.4) is 0 Å². The lowest BCUT2D eigenvalue weighted by atomic mass is 10.3. The Hall–Kier alpha value is -1.46. The highest BCUT2D eigenvalue weighted by Gasteiger charge is 2.05. The Morgan fingerprint density at radius 3 is 2.78 bits per heavy atom. The summed E-state index contributed by atoms with van der Waals surface area (Å²) in [5.74, 6) is 1.28. The first kappa shape index (κ1) is 13.0. The van der Waals surface area contributed by atoms with Gasteiger partial charge in [0.25, 0.3) is 0 Å². The molecule has 0 aliphatic rings. The first-order valence-corrected chi connectivity index (χ1v) is 6.30. The number of hydrogen-bond acceptors (Lipinski definition) is 4. The van der Waals surface area contributed by atoms with Gasteiger partial charge in [-0.05, 0) is 46.3 Å². The molecule has 2 rings (SSSR count). The first-order chi connectivity index (χ1) is 8.60. The van der Waals surface area contributed by atoms with Crippen LogP contribution in [0.5, 0.6) is 5.75 Å². The van der Waals surface area contributed by atoms with Gasteiger partial charge in [0.15, 0.2) is 5.82 Å². The zero-order chi connectivity index (χ0) is 13.1. The predicted molar refractivity (Wildman–Crippen MR) is 77.6 cm³/mol. The number of benzene rings is 1. The summed E-state index contributed by atoms with van der Waals surface area (Å²) >= 11 is 9.24. The highest BCUT2D eigenvalue weighted by Crippen LogP contribution is 2.30. The van der Waals surface area contributed by atoms with Gasteiger partial charge in [-0.25, -0.2) is 4.98 Å². The molecular weight excluding hydrogens is 318 g/mol. The molecular formula is C12H11BrClN3O. The third-order valence-electron chi connectivity index (χ3n) is 2.31. The number of nitrogens with two attached hydrogens (primary N) is 1.